The molecule has 1 aliphatic carbocycles. The molecule has 12 heavy (non-hydrogen) atoms. The normalized spacial score (nSPS) is 30.8. The smallest absolute Gasteiger partial charge is 0.0535 e. The summed E-state index contributed by atoms with van der Waals surface area (Å²) in [5.74, 6) is 0. The molecule has 1 heteroatoms. The molecule has 1 saturated heterocycles. The lowest BCUT2D eigenvalue weighted by Gasteiger charge is -2.43. The number of rotatable bonds is 0. The van der Waals surface area contributed by atoms with Crippen molar-refractivity contribution in [3.8, 4) is 0 Å². The molecule has 1 N–H and O–H groups in total. The maximum absolute atomic E-state index is 4.09. The highest BCUT2D eigenvalue weighted by molar-refractivity contribution is 4.83. The van der Waals surface area contributed by atoms with Crippen molar-refractivity contribution >= 4 is 0 Å². The van der Waals surface area contributed by atoms with E-state index >= 15 is 0 Å². The van der Waals surface area contributed by atoms with E-state index in [1.54, 1.807) is 0 Å². The molecular formula is C11H21N. The van der Waals surface area contributed by atoms with Crippen LogP contribution in [0.4, 0.5) is 0 Å². The van der Waals surface area contributed by atoms with Crippen molar-refractivity contribution in [2.75, 3.05) is 13.1 Å². The number of hydrogen-bond acceptors (Lipinski definition) is 0. The lowest BCUT2D eigenvalue weighted by molar-refractivity contribution is -0.862. The molecule has 0 aromatic rings. The van der Waals surface area contributed by atoms with Gasteiger partial charge < -0.3 is 4.90 Å². The lowest BCUT2D eigenvalue weighted by Crippen LogP contribution is -3.08. The summed E-state index contributed by atoms with van der Waals surface area (Å²) in [6.07, 6.45) is 10.4. The van der Waals surface area contributed by atoms with Gasteiger partial charge in [-0.2, -0.15) is 7.05 Å². The zero-order chi connectivity index (χ0) is 8.44. The highest BCUT2D eigenvalue weighted by Crippen LogP contribution is 2.42. The molecule has 0 atom stereocenters. The topological polar surface area (TPSA) is 4.44 Å². The minimum absolute atomic E-state index is 0.777. The molecule has 2 rings (SSSR count). The molecule has 2 fully saturated rings. The second kappa shape index (κ2) is 3.37. The van der Waals surface area contributed by atoms with Gasteiger partial charge in [0, 0.05) is 12.8 Å². The fourth-order valence-corrected chi connectivity index (χ4v) is 2.94. The third-order valence-corrected chi connectivity index (χ3v) is 3.93. The molecule has 1 heterocycles. The van der Waals surface area contributed by atoms with E-state index in [0.29, 0.717) is 0 Å². The average Bonchev–Trinajstić information content (AvgIpc) is 2.13. The van der Waals surface area contributed by atoms with Crippen molar-refractivity contribution in [1.29, 1.82) is 0 Å². The van der Waals surface area contributed by atoms with Crippen LogP contribution in [0.25, 0.3) is 0 Å². The van der Waals surface area contributed by atoms with Gasteiger partial charge in [0.05, 0.1) is 13.1 Å². The van der Waals surface area contributed by atoms with Gasteiger partial charge in [0.15, 0.2) is 0 Å². The van der Waals surface area contributed by atoms with Crippen LogP contribution in [0.1, 0.15) is 44.9 Å². The van der Waals surface area contributed by atoms with Gasteiger partial charge in [0.25, 0.3) is 0 Å². The second-order valence-electron chi connectivity index (χ2n) is 4.81. The van der Waals surface area contributed by atoms with E-state index in [-0.39, 0.29) is 0 Å². The number of piperidine rings is 1. The summed E-state index contributed by atoms with van der Waals surface area (Å²) in [6, 6.07) is 0. The molecule has 1 aliphatic heterocycles. The lowest BCUT2D eigenvalue weighted by atomic mass is 9.68. The number of hydrogen-bond donors (Lipinski definition) is 1. The highest BCUT2D eigenvalue weighted by Gasteiger charge is 2.35. The molecule has 0 radical (unpaired) electrons. The molecule has 0 unspecified atom stereocenters. The van der Waals surface area contributed by atoms with Crippen molar-refractivity contribution in [3.05, 3.63) is 7.05 Å². The maximum Gasteiger partial charge on any atom is 0.0535 e. The Hall–Kier alpha value is -0.0400. The van der Waals surface area contributed by atoms with Crippen LogP contribution in [-0.2, 0) is 0 Å². The van der Waals surface area contributed by atoms with Crippen LogP contribution in [0.2, 0.25) is 0 Å². The SMILES string of the molecule is [CH2-][NH+]1CCC2(CCCCC2)CC1. The van der Waals surface area contributed by atoms with Gasteiger partial charge in [0.1, 0.15) is 0 Å². The monoisotopic (exact) mass is 167 g/mol. The van der Waals surface area contributed by atoms with Gasteiger partial charge in [-0.15, -0.1) is 0 Å². The molecule has 0 bridgehead atoms. The van der Waals surface area contributed by atoms with E-state index in [2.05, 4.69) is 7.05 Å². The average molecular weight is 167 g/mol. The van der Waals surface area contributed by atoms with Crippen LogP contribution in [-0.4, -0.2) is 13.1 Å². The van der Waals surface area contributed by atoms with E-state index in [1.807, 2.05) is 0 Å². The van der Waals surface area contributed by atoms with Gasteiger partial charge in [-0.1, -0.05) is 19.3 Å². The highest BCUT2D eigenvalue weighted by atomic mass is 15.1. The first-order valence-corrected chi connectivity index (χ1v) is 5.47. The summed E-state index contributed by atoms with van der Waals surface area (Å²) in [7, 11) is 4.09. The predicted molar refractivity (Wildman–Crippen MR) is 50.8 cm³/mol. The Morgan fingerprint density at radius 3 is 2.00 bits per heavy atom. The van der Waals surface area contributed by atoms with Gasteiger partial charge in [0.2, 0.25) is 0 Å². The number of quaternary nitrogens is 1. The minimum atomic E-state index is 0.777. The minimum Gasteiger partial charge on any atom is -0.468 e. The Kier molecular flexibility index (Phi) is 2.40. The van der Waals surface area contributed by atoms with Gasteiger partial charge >= 0.3 is 0 Å². The molecular weight excluding hydrogens is 146 g/mol. The maximum atomic E-state index is 4.09. The number of likely N-dealkylation sites (tertiary alicyclic amines) is 1. The fraction of sp³-hybridized carbons (Fsp3) is 0.909. The van der Waals surface area contributed by atoms with E-state index < -0.39 is 0 Å². The zero-order valence-corrected chi connectivity index (χ0v) is 8.07. The first-order valence-electron chi connectivity index (χ1n) is 5.47. The summed E-state index contributed by atoms with van der Waals surface area (Å²) in [6.45, 7) is 2.64. The third-order valence-electron chi connectivity index (χ3n) is 3.93. The van der Waals surface area contributed by atoms with Gasteiger partial charge in [-0.05, 0) is 18.3 Å². The van der Waals surface area contributed by atoms with Crippen LogP contribution >= 0.6 is 0 Å². The Bertz CT molecular complexity index is 137. The zero-order valence-electron chi connectivity index (χ0n) is 8.07. The molecule has 0 aromatic carbocycles. The fourth-order valence-electron chi connectivity index (χ4n) is 2.94. The molecule has 1 nitrogen and oxygen atoms in total. The van der Waals surface area contributed by atoms with E-state index in [1.165, 1.54) is 62.9 Å². The standard InChI is InChI=1S/C11H21N/c1-12-9-7-11(8-10-12)5-3-2-4-6-11/h12H,1-10H2. The molecule has 0 aromatic heterocycles. The van der Waals surface area contributed by atoms with Crippen LogP contribution in [0, 0.1) is 12.5 Å². The van der Waals surface area contributed by atoms with Crippen molar-refractivity contribution in [1.82, 2.24) is 0 Å². The first kappa shape index (κ1) is 8.55. The van der Waals surface area contributed by atoms with Crippen LogP contribution in [0.3, 0.4) is 0 Å². The first-order chi connectivity index (χ1) is 5.81. The van der Waals surface area contributed by atoms with Crippen molar-refractivity contribution in [2.24, 2.45) is 5.41 Å². The largest absolute Gasteiger partial charge is 0.468 e. The molecule has 0 amide bonds. The molecule has 70 valence electrons. The molecule has 1 saturated carbocycles. The van der Waals surface area contributed by atoms with E-state index in [0.717, 1.165) is 5.41 Å². The Morgan fingerprint density at radius 2 is 1.42 bits per heavy atom. The predicted octanol–water partition coefficient (Wildman–Crippen LogP) is 1.41. The second-order valence-corrected chi connectivity index (χ2v) is 4.81. The summed E-state index contributed by atoms with van der Waals surface area (Å²) in [4.78, 5) is 1.51. The van der Waals surface area contributed by atoms with Crippen molar-refractivity contribution in [3.63, 3.8) is 0 Å². The van der Waals surface area contributed by atoms with E-state index in [4.69, 9.17) is 0 Å². The molecule has 2 aliphatic rings. The van der Waals surface area contributed by atoms with Crippen LogP contribution in [0.5, 0.6) is 0 Å². The number of nitrogens with one attached hydrogen (secondary N) is 1. The Labute approximate surface area is 76.1 Å². The summed E-state index contributed by atoms with van der Waals surface area (Å²) >= 11 is 0. The van der Waals surface area contributed by atoms with Crippen LogP contribution in [0.15, 0.2) is 0 Å². The van der Waals surface area contributed by atoms with Crippen molar-refractivity contribution < 1.29 is 4.90 Å². The van der Waals surface area contributed by atoms with Crippen molar-refractivity contribution in [2.45, 2.75) is 44.9 Å². The Balaban J connectivity index is 1.92. The van der Waals surface area contributed by atoms with Gasteiger partial charge in [-0.25, -0.2) is 0 Å². The Morgan fingerprint density at radius 1 is 0.833 bits per heavy atom. The van der Waals surface area contributed by atoms with E-state index in [9.17, 15) is 0 Å². The molecule has 1 spiro atoms. The summed E-state index contributed by atoms with van der Waals surface area (Å²) < 4.78 is 0. The van der Waals surface area contributed by atoms with Crippen LogP contribution < -0.4 is 4.90 Å². The van der Waals surface area contributed by atoms with Gasteiger partial charge in [-0.3, -0.25) is 0 Å². The summed E-state index contributed by atoms with van der Waals surface area (Å²) in [5, 5.41) is 0. The quantitative estimate of drug-likeness (QED) is 0.520. The third kappa shape index (κ3) is 1.66. The summed E-state index contributed by atoms with van der Waals surface area (Å²) in [5.41, 5.74) is 0.777.